The number of carbonyl (C=O) groups is 1. The van der Waals surface area contributed by atoms with Gasteiger partial charge in [0.1, 0.15) is 0 Å². The van der Waals surface area contributed by atoms with E-state index in [0.29, 0.717) is 0 Å². The number of hydrazine groups is 1. The van der Waals surface area contributed by atoms with Crippen molar-refractivity contribution < 1.29 is 9.63 Å². The zero-order valence-electron chi connectivity index (χ0n) is 3.68. The fourth-order valence-corrected chi connectivity index (χ4v) is 0.0997. The molecule has 0 rings (SSSR count). The molecule has 0 saturated carbocycles. The zero-order chi connectivity index (χ0) is 5.70. The molecule has 0 aliphatic rings. The molecule has 4 heteroatoms. The van der Waals surface area contributed by atoms with Crippen molar-refractivity contribution in [3.8, 4) is 0 Å². The molecule has 0 amide bonds. The second kappa shape index (κ2) is 3.32. The summed E-state index contributed by atoms with van der Waals surface area (Å²) in [7, 11) is 0. The van der Waals surface area contributed by atoms with Crippen LogP contribution in [0.3, 0.4) is 0 Å². The Labute approximate surface area is 40.9 Å². The van der Waals surface area contributed by atoms with Crippen LogP contribution in [0.25, 0.3) is 0 Å². The lowest BCUT2D eigenvalue weighted by atomic mass is 10.7. The van der Waals surface area contributed by atoms with Crippen LogP contribution < -0.4 is 11.4 Å². The summed E-state index contributed by atoms with van der Waals surface area (Å²) in [6.07, 6.45) is 1.000. The standard InChI is InChI=1S/C3H6N2O2/c1-2-3(6)7-5-4/h2,5H,1,4H2. The van der Waals surface area contributed by atoms with E-state index in [1.807, 2.05) is 0 Å². The van der Waals surface area contributed by atoms with Crippen LogP contribution in [0.2, 0.25) is 0 Å². The third kappa shape index (κ3) is 2.95. The lowest BCUT2D eigenvalue weighted by molar-refractivity contribution is -0.144. The van der Waals surface area contributed by atoms with Gasteiger partial charge in [-0.1, -0.05) is 12.2 Å². The summed E-state index contributed by atoms with van der Waals surface area (Å²) in [6.45, 7) is 3.11. The Kier molecular flexibility index (Phi) is 2.91. The van der Waals surface area contributed by atoms with E-state index in [2.05, 4.69) is 17.3 Å². The summed E-state index contributed by atoms with van der Waals surface area (Å²) in [4.78, 5) is 13.9. The molecule has 7 heavy (non-hydrogen) atoms. The Morgan fingerprint density at radius 3 is 2.71 bits per heavy atom. The quantitative estimate of drug-likeness (QED) is 0.269. The van der Waals surface area contributed by atoms with E-state index in [-0.39, 0.29) is 0 Å². The molecular formula is C3H6N2O2. The molecule has 0 radical (unpaired) electrons. The lowest BCUT2D eigenvalue weighted by Gasteiger charge is -1.91. The first-order valence-corrected chi connectivity index (χ1v) is 1.60. The molecule has 0 saturated heterocycles. The largest absolute Gasteiger partial charge is 0.352 e. The molecule has 0 aromatic rings. The first-order chi connectivity index (χ1) is 3.31. The summed E-state index contributed by atoms with van der Waals surface area (Å²) in [5, 5.41) is 0. The van der Waals surface area contributed by atoms with E-state index in [9.17, 15) is 4.79 Å². The van der Waals surface area contributed by atoms with Crippen molar-refractivity contribution in [3.63, 3.8) is 0 Å². The summed E-state index contributed by atoms with van der Waals surface area (Å²) < 4.78 is 0. The van der Waals surface area contributed by atoms with Gasteiger partial charge in [0.15, 0.2) is 0 Å². The average Bonchev–Trinajstić information content (AvgIpc) is 1.68. The summed E-state index contributed by atoms with van der Waals surface area (Å²) in [5.41, 5.74) is 1.70. The van der Waals surface area contributed by atoms with Crippen LogP contribution in [0.1, 0.15) is 0 Å². The maximum absolute atomic E-state index is 9.93. The van der Waals surface area contributed by atoms with Crippen LogP contribution in [-0.2, 0) is 9.63 Å². The minimum absolute atomic E-state index is 0.595. The van der Waals surface area contributed by atoms with Gasteiger partial charge in [-0.3, -0.25) is 0 Å². The van der Waals surface area contributed by atoms with E-state index in [1.54, 1.807) is 5.59 Å². The Morgan fingerprint density at radius 2 is 2.57 bits per heavy atom. The van der Waals surface area contributed by atoms with Crippen LogP contribution in [0.5, 0.6) is 0 Å². The summed E-state index contributed by atoms with van der Waals surface area (Å²) in [6, 6.07) is 0. The lowest BCUT2D eigenvalue weighted by Crippen LogP contribution is -2.24. The number of hydrogen-bond acceptors (Lipinski definition) is 4. The van der Waals surface area contributed by atoms with Gasteiger partial charge in [0, 0.05) is 6.08 Å². The van der Waals surface area contributed by atoms with E-state index in [4.69, 9.17) is 0 Å². The molecule has 0 atom stereocenters. The monoisotopic (exact) mass is 102 g/mol. The number of carbonyl (C=O) groups excluding carboxylic acids is 1. The summed E-state index contributed by atoms with van der Waals surface area (Å²) in [5.74, 6) is 3.97. The van der Waals surface area contributed by atoms with Crippen molar-refractivity contribution in [2.24, 2.45) is 5.84 Å². The third-order valence-electron chi connectivity index (χ3n) is 0.326. The Morgan fingerprint density at radius 1 is 2.00 bits per heavy atom. The molecule has 0 aliphatic carbocycles. The molecule has 0 aromatic carbocycles. The van der Waals surface area contributed by atoms with E-state index in [1.165, 1.54) is 0 Å². The predicted molar refractivity (Wildman–Crippen MR) is 23.6 cm³/mol. The van der Waals surface area contributed by atoms with Gasteiger partial charge in [-0.2, -0.15) is 0 Å². The second-order valence-corrected chi connectivity index (χ2v) is 0.743. The highest BCUT2D eigenvalue weighted by Gasteiger charge is 1.87. The molecule has 0 unspecified atom stereocenters. The van der Waals surface area contributed by atoms with Crippen LogP contribution in [0, 0.1) is 0 Å². The minimum Gasteiger partial charge on any atom is -0.352 e. The highest BCUT2D eigenvalue weighted by atomic mass is 16.7. The second-order valence-electron chi connectivity index (χ2n) is 0.743. The molecule has 0 bridgehead atoms. The average molecular weight is 102 g/mol. The van der Waals surface area contributed by atoms with Gasteiger partial charge in [0.25, 0.3) is 0 Å². The third-order valence-corrected chi connectivity index (χ3v) is 0.326. The van der Waals surface area contributed by atoms with Crippen molar-refractivity contribution >= 4 is 5.97 Å². The smallest absolute Gasteiger partial charge is 0.350 e. The highest BCUT2D eigenvalue weighted by molar-refractivity contribution is 5.80. The van der Waals surface area contributed by atoms with Gasteiger partial charge in [-0.25, -0.2) is 10.6 Å². The Bertz CT molecular complexity index is 81.0. The first kappa shape index (κ1) is 6.13. The minimum atomic E-state index is -0.595. The highest BCUT2D eigenvalue weighted by Crippen LogP contribution is 1.66. The number of nitrogens with two attached hydrogens (primary N) is 1. The van der Waals surface area contributed by atoms with Crippen molar-refractivity contribution in [1.82, 2.24) is 5.59 Å². The van der Waals surface area contributed by atoms with Crippen LogP contribution in [0.4, 0.5) is 0 Å². The molecule has 4 nitrogen and oxygen atoms in total. The zero-order valence-corrected chi connectivity index (χ0v) is 3.68. The Hall–Kier alpha value is -0.870. The molecule has 40 valence electrons. The first-order valence-electron chi connectivity index (χ1n) is 1.60. The molecule has 0 aromatic heterocycles. The molecule has 0 heterocycles. The van der Waals surface area contributed by atoms with Gasteiger partial charge < -0.3 is 4.84 Å². The topological polar surface area (TPSA) is 64.3 Å². The van der Waals surface area contributed by atoms with E-state index in [0.717, 1.165) is 6.08 Å². The molecular weight excluding hydrogens is 96.0 g/mol. The number of nitrogens with one attached hydrogen (secondary N) is 1. The van der Waals surface area contributed by atoms with Gasteiger partial charge in [0.2, 0.25) is 0 Å². The molecule has 0 fully saturated rings. The van der Waals surface area contributed by atoms with Crippen LogP contribution in [0.15, 0.2) is 12.7 Å². The van der Waals surface area contributed by atoms with Gasteiger partial charge in [-0.05, 0) is 0 Å². The van der Waals surface area contributed by atoms with Crippen molar-refractivity contribution in [1.29, 1.82) is 0 Å². The van der Waals surface area contributed by atoms with E-state index < -0.39 is 5.97 Å². The molecule has 0 spiro atoms. The van der Waals surface area contributed by atoms with Crippen LogP contribution >= 0.6 is 0 Å². The maximum atomic E-state index is 9.93. The fourth-order valence-electron chi connectivity index (χ4n) is 0.0997. The fraction of sp³-hybridized carbons (Fsp3) is 0. The van der Waals surface area contributed by atoms with Crippen molar-refractivity contribution in [3.05, 3.63) is 12.7 Å². The maximum Gasteiger partial charge on any atom is 0.350 e. The SMILES string of the molecule is C=CC(=O)ONN. The molecule has 0 aliphatic heterocycles. The van der Waals surface area contributed by atoms with Gasteiger partial charge in [-0.15, -0.1) is 0 Å². The van der Waals surface area contributed by atoms with E-state index >= 15 is 0 Å². The van der Waals surface area contributed by atoms with Gasteiger partial charge >= 0.3 is 5.97 Å². The van der Waals surface area contributed by atoms with Crippen LogP contribution in [-0.4, -0.2) is 5.97 Å². The normalized spacial score (nSPS) is 7.57. The molecule has 3 N–H and O–H groups in total. The van der Waals surface area contributed by atoms with Crippen molar-refractivity contribution in [2.75, 3.05) is 0 Å². The predicted octanol–water partition coefficient (Wildman–Crippen LogP) is -0.906. The van der Waals surface area contributed by atoms with Gasteiger partial charge in [0.05, 0.1) is 0 Å². The van der Waals surface area contributed by atoms with Crippen molar-refractivity contribution in [2.45, 2.75) is 0 Å². The summed E-state index contributed by atoms with van der Waals surface area (Å²) >= 11 is 0. The number of hydrogen-bond donors (Lipinski definition) is 2. The number of rotatable bonds is 2. The Balaban J connectivity index is 3.17.